The van der Waals surface area contributed by atoms with E-state index in [9.17, 15) is 18.0 Å². The number of carbonyl (C=O) groups excluding carboxylic acids is 2. The van der Waals surface area contributed by atoms with Gasteiger partial charge in [0.05, 0.1) is 22.9 Å². The van der Waals surface area contributed by atoms with Gasteiger partial charge in [-0.25, -0.2) is 8.42 Å². The number of hydrogen-bond acceptors (Lipinski definition) is 6. The van der Waals surface area contributed by atoms with Crippen LogP contribution in [0.1, 0.15) is 24.5 Å². The topological polar surface area (TPSA) is 111 Å². The first-order chi connectivity index (χ1) is 14.2. The lowest BCUT2D eigenvalue weighted by molar-refractivity contribution is -0.121. The number of fused-ring (bicyclic) bond motifs is 1. The number of methoxy groups -OCH3 is 1. The molecule has 1 atom stereocenters. The van der Waals surface area contributed by atoms with E-state index in [0.29, 0.717) is 22.7 Å². The van der Waals surface area contributed by atoms with Crippen LogP contribution in [-0.2, 0) is 26.0 Å². The molecule has 0 fully saturated rings. The van der Waals surface area contributed by atoms with Crippen LogP contribution in [-0.4, -0.2) is 39.2 Å². The second-order valence-electron chi connectivity index (χ2n) is 7.14. The summed E-state index contributed by atoms with van der Waals surface area (Å²) in [6, 6.07) is 10.2. The van der Waals surface area contributed by atoms with E-state index in [1.165, 1.54) is 13.0 Å². The third-order valence-corrected chi connectivity index (χ3v) is 7.12. The van der Waals surface area contributed by atoms with Gasteiger partial charge in [-0.15, -0.1) is 0 Å². The van der Waals surface area contributed by atoms with E-state index < -0.39 is 15.1 Å². The molecule has 1 aliphatic heterocycles. The average Bonchev–Trinajstić information content (AvgIpc) is 2.71. The van der Waals surface area contributed by atoms with Gasteiger partial charge in [-0.3, -0.25) is 9.59 Å². The molecule has 2 aromatic rings. The number of aryl methyl sites for hydroxylation is 1. The summed E-state index contributed by atoms with van der Waals surface area (Å²) in [4.78, 5) is 23.9. The Kier molecular flexibility index (Phi) is 6.31. The summed E-state index contributed by atoms with van der Waals surface area (Å²) in [6.45, 7) is 3.25. The minimum absolute atomic E-state index is 0.0884. The molecule has 8 nitrogen and oxygen atoms in total. The van der Waals surface area contributed by atoms with E-state index >= 15 is 0 Å². The van der Waals surface area contributed by atoms with Crippen LogP contribution < -0.4 is 20.1 Å². The summed E-state index contributed by atoms with van der Waals surface area (Å²) in [6.07, 6.45) is -0.180. The zero-order chi connectivity index (χ0) is 21.9. The van der Waals surface area contributed by atoms with Gasteiger partial charge in [-0.05, 0) is 43.2 Å². The first-order valence-corrected chi connectivity index (χ1v) is 11.0. The van der Waals surface area contributed by atoms with E-state index in [-0.39, 0.29) is 36.3 Å². The molecule has 0 aliphatic carbocycles. The molecule has 0 radical (unpaired) electrons. The molecule has 0 unspecified atom stereocenters. The number of anilines is 1. The van der Waals surface area contributed by atoms with Crippen LogP contribution >= 0.6 is 0 Å². The molecule has 0 aromatic heterocycles. The highest BCUT2D eigenvalue weighted by Crippen LogP contribution is 2.34. The Labute approximate surface area is 175 Å². The van der Waals surface area contributed by atoms with Gasteiger partial charge in [0, 0.05) is 19.0 Å². The number of amides is 2. The number of carbonyl (C=O) groups is 2. The van der Waals surface area contributed by atoms with Crippen molar-refractivity contribution in [1.29, 1.82) is 0 Å². The largest absolute Gasteiger partial charge is 0.497 e. The maximum atomic E-state index is 13.1. The lowest BCUT2D eigenvalue weighted by Crippen LogP contribution is -2.30. The number of benzene rings is 2. The molecule has 30 heavy (non-hydrogen) atoms. The van der Waals surface area contributed by atoms with E-state index in [1.54, 1.807) is 32.2 Å². The van der Waals surface area contributed by atoms with E-state index in [0.717, 1.165) is 5.56 Å². The molecule has 0 spiro atoms. The van der Waals surface area contributed by atoms with Crippen LogP contribution in [0.15, 0.2) is 41.3 Å². The monoisotopic (exact) mass is 432 g/mol. The third-order valence-electron chi connectivity index (χ3n) is 4.84. The van der Waals surface area contributed by atoms with Gasteiger partial charge in [-0.2, -0.15) is 0 Å². The van der Waals surface area contributed by atoms with E-state index in [2.05, 4.69) is 10.6 Å². The second kappa shape index (κ2) is 8.74. The van der Waals surface area contributed by atoms with Crippen molar-refractivity contribution in [2.24, 2.45) is 0 Å². The SMILES string of the molecule is COc1cccc(CNC(=O)C[C@@H](C)S(=O)(=O)c2cc3c(cc2C)NC(=O)CO3)c1. The van der Waals surface area contributed by atoms with Crippen LogP contribution in [0.25, 0.3) is 0 Å². The van der Waals surface area contributed by atoms with Crippen LogP contribution in [0.3, 0.4) is 0 Å². The summed E-state index contributed by atoms with van der Waals surface area (Å²) in [5.74, 6) is 0.319. The summed E-state index contributed by atoms with van der Waals surface area (Å²) in [7, 11) is -2.22. The van der Waals surface area contributed by atoms with Gasteiger partial charge in [0.2, 0.25) is 5.91 Å². The summed E-state index contributed by atoms with van der Waals surface area (Å²) in [5.41, 5.74) is 1.76. The quantitative estimate of drug-likeness (QED) is 0.694. The van der Waals surface area contributed by atoms with E-state index in [4.69, 9.17) is 9.47 Å². The fourth-order valence-corrected chi connectivity index (χ4v) is 4.75. The number of hydrogen-bond donors (Lipinski definition) is 2. The van der Waals surface area contributed by atoms with Crippen LogP contribution in [0, 0.1) is 6.92 Å². The molecule has 1 aliphatic rings. The van der Waals surface area contributed by atoms with Gasteiger partial charge in [0.25, 0.3) is 5.91 Å². The summed E-state index contributed by atoms with van der Waals surface area (Å²) >= 11 is 0. The fourth-order valence-electron chi connectivity index (χ4n) is 3.17. The maximum Gasteiger partial charge on any atom is 0.262 e. The lowest BCUT2D eigenvalue weighted by Gasteiger charge is -2.21. The van der Waals surface area contributed by atoms with Crippen molar-refractivity contribution in [2.75, 3.05) is 19.0 Å². The second-order valence-corrected chi connectivity index (χ2v) is 9.47. The zero-order valence-electron chi connectivity index (χ0n) is 17.0. The molecule has 2 aromatic carbocycles. The Hall–Kier alpha value is -3.07. The van der Waals surface area contributed by atoms with Gasteiger partial charge >= 0.3 is 0 Å². The average molecular weight is 432 g/mol. The van der Waals surface area contributed by atoms with Crippen molar-refractivity contribution in [3.63, 3.8) is 0 Å². The number of rotatable bonds is 7. The van der Waals surface area contributed by atoms with Gasteiger partial charge in [0.1, 0.15) is 11.5 Å². The van der Waals surface area contributed by atoms with Gasteiger partial charge in [0.15, 0.2) is 16.4 Å². The Bertz CT molecular complexity index is 1080. The molecule has 0 saturated carbocycles. The smallest absolute Gasteiger partial charge is 0.262 e. The van der Waals surface area contributed by atoms with Gasteiger partial charge < -0.3 is 20.1 Å². The predicted molar refractivity (Wildman–Crippen MR) is 111 cm³/mol. The predicted octanol–water partition coefficient (Wildman–Crippen LogP) is 2.20. The Balaban J connectivity index is 1.69. The minimum Gasteiger partial charge on any atom is -0.497 e. The van der Waals surface area contributed by atoms with Crippen molar-refractivity contribution in [3.8, 4) is 11.5 Å². The zero-order valence-corrected chi connectivity index (χ0v) is 17.8. The molecule has 9 heteroatoms. The molecule has 2 N–H and O–H groups in total. The highest BCUT2D eigenvalue weighted by atomic mass is 32.2. The number of ether oxygens (including phenoxy) is 2. The fraction of sp³-hybridized carbons (Fsp3) is 0.333. The number of nitrogens with one attached hydrogen (secondary N) is 2. The highest BCUT2D eigenvalue weighted by molar-refractivity contribution is 7.92. The highest BCUT2D eigenvalue weighted by Gasteiger charge is 2.29. The molecule has 0 bridgehead atoms. The van der Waals surface area contributed by atoms with Crippen LogP contribution in [0.5, 0.6) is 11.5 Å². The molecular weight excluding hydrogens is 408 g/mol. The van der Waals surface area contributed by atoms with Gasteiger partial charge in [-0.1, -0.05) is 12.1 Å². The van der Waals surface area contributed by atoms with Crippen molar-refractivity contribution in [2.45, 2.75) is 37.0 Å². The van der Waals surface area contributed by atoms with Crippen LogP contribution in [0.4, 0.5) is 5.69 Å². The van der Waals surface area contributed by atoms with Crippen molar-refractivity contribution in [1.82, 2.24) is 5.32 Å². The molecule has 1 heterocycles. The maximum absolute atomic E-state index is 13.1. The van der Waals surface area contributed by atoms with Crippen molar-refractivity contribution >= 4 is 27.3 Å². The Morgan fingerprint density at radius 3 is 2.80 bits per heavy atom. The molecule has 3 rings (SSSR count). The first-order valence-electron chi connectivity index (χ1n) is 9.41. The third kappa shape index (κ3) is 4.73. The normalized spacial score (nSPS) is 14.2. The molecule has 0 saturated heterocycles. The molecular formula is C21H24N2O6S. The summed E-state index contributed by atoms with van der Waals surface area (Å²) in [5, 5.41) is 4.46. The first kappa shape index (κ1) is 21.6. The lowest BCUT2D eigenvalue weighted by atomic mass is 10.2. The van der Waals surface area contributed by atoms with E-state index in [1.807, 2.05) is 12.1 Å². The van der Waals surface area contributed by atoms with Crippen LogP contribution in [0.2, 0.25) is 0 Å². The Morgan fingerprint density at radius 2 is 2.07 bits per heavy atom. The number of sulfone groups is 1. The molecule has 160 valence electrons. The standard InChI is InChI=1S/C21H24N2O6S/c1-13-7-17-18(29-12-21(25)23-17)10-19(13)30(26,27)14(2)8-20(24)22-11-15-5-4-6-16(9-15)28-3/h4-7,9-10,14H,8,11-12H2,1-3H3,(H,22,24)(H,23,25)/t14-/m1/s1. The Morgan fingerprint density at radius 1 is 1.30 bits per heavy atom. The minimum atomic E-state index is -3.78. The summed E-state index contributed by atoms with van der Waals surface area (Å²) < 4.78 is 36.6. The molecule has 2 amide bonds. The van der Waals surface area contributed by atoms with Crippen molar-refractivity contribution < 1.29 is 27.5 Å². The van der Waals surface area contributed by atoms with Crippen molar-refractivity contribution in [3.05, 3.63) is 47.5 Å².